The fourth-order valence-corrected chi connectivity index (χ4v) is 3.48. The number of alkyl halides is 3. The van der Waals surface area contributed by atoms with E-state index in [4.69, 9.17) is 0 Å². The topological polar surface area (TPSA) is 21.1 Å². The van der Waals surface area contributed by atoms with E-state index >= 15 is 0 Å². The minimum Gasteiger partial charge on any atom is -0.347 e. The summed E-state index contributed by atoms with van der Waals surface area (Å²) in [4.78, 5) is 2.06. The van der Waals surface area contributed by atoms with Gasteiger partial charge >= 0.3 is 6.18 Å². The van der Waals surface area contributed by atoms with E-state index in [0.29, 0.717) is 13.1 Å². The molecule has 7 heteroatoms. The maximum atomic E-state index is 12.8. The third-order valence-corrected chi connectivity index (χ3v) is 4.94. The highest BCUT2D eigenvalue weighted by Crippen LogP contribution is 2.36. The molecule has 1 aliphatic heterocycles. The lowest BCUT2D eigenvalue weighted by Gasteiger charge is -2.18. The largest absolute Gasteiger partial charge is 0.416 e. The van der Waals surface area contributed by atoms with Gasteiger partial charge in [0.1, 0.15) is 5.82 Å². The Bertz CT molecular complexity index is 706. The average Bonchev–Trinajstić information content (AvgIpc) is 2.89. The first kappa shape index (κ1) is 14.7. The number of halogens is 4. The molecule has 2 aromatic rings. The van der Waals surface area contributed by atoms with Crippen molar-refractivity contribution in [1.29, 1.82) is 0 Å². The third-order valence-electron chi connectivity index (χ3n) is 3.68. The van der Waals surface area contributed by atoms with E-state index in [2.05, 4.69) is 32.6 Å². The van der Waals surface area contributed by atoms with E-state index < -0.39 is 11.7 Å². The number of nitrogens with zero attached hydrogens (tertiary/aromatic N) is 3. The fourth-order valence-electron chi connectivity index (χ4n) is 2.68. The standard InChI is InChI=1S/C14H13F3IN3/c1-8-12(18)13(20(2)19-8)21-6-9-3-4-11(14(15,16)17)5-10(9)7-21/h3-5H,6-7H2,1-2H3. The number of rotatable bonds is 1. The van der Waals surface area contributed by atoms with Crippen molar-refractivity contribution in [2.24, 2.45) is 7.05 Å². The number of aromatic nitrogens is 2. The second-order valence-electron chi connectivity index (χ2n) is 5.18. The van der Waals surface area contributed by atoms with Crippen LogP contribution >= 0.6 is 22.6 Å². The monoisotopic (exact) mass is 407 g/mol. The Morgan fingerprint density at radius 1 is 1.19 bits per heavy atom. The van der Waals surface area contributed by atoms with Crippen molar-refractivity contribution in [3.63, 3.8) is 0 Å². The summed E-state index contributed by atoms with van der Waals surface area (Å²) >= 11 is 2.23. The van der Waals surface area contributed by atoms with Crippen LogP contribution in [0.4, 0.5) is 19.0 Å². The summed E-state index contributed by atoms with van der Waals surface area (Å²) in [6, 6.07) is 3.99. The Morgan fingerprint density at radius 2 is 1.86 bits per heavy atom. The van der Waals surface area contributed by atoms with Crippen molar-refractivity contribution in [2.45, 2.75) is 26.2 Å². The molecule has 0 unspecified atom stereocenters. The minimum absolute atomic E-state index is 0.480. The summed E-state index contributed by atoms with van der Waals surface area (Å²) in [7, 11) is 1.86. The molecule has 112 valence electrons. The van der Waals surface area contributed by atoms with Crippen LogP contribution in [-0.2, 0) is 26.3 Å². The van der Waals surface area contributed by atoms with Gasteiger partial charge < -0.3 is 4.90 Å². The summed E-state index contributed by atoms with van der Waals surface area (Å²) in [6.07, 6.45) is -4.29. The van der Waals surface area contributed by atoms with Crippen LogP contribution in [0.15, 0.2) is 18.2 Å². The van der Waals surface area contributed by atoms with Gasteiger partial charge in [-0.3, -0.25) is 4.68 Å². The lowest BCUT2D eigenvalue weighted by atomic mass is 10.1. The van der Waals surface area contributed by atoms with Gasteiger partial charge in [0.05, 0.1) is 14.8 Å². The van der Waals surface area contributed by atoms with Crippen LogP contribution in [-0.4, -0.2) is 9.78 Å². The third kappa shape index (κ3) is 2.51. The Morgan fingerprint density at radius 3 is 2.43 bits per heavy atom. The molecule has 0 saturated heterocycles. The minimum atomic E-state index is -4.29. The number of anilines is 1. The number of benzene rings is 1. The van der Waals surface area contributed by atoms with Gasteiger partial charge in [-0.25, -0.2) is 0 Å². The predicted molar refractivity (Wildman–Crippen MR) is 82.0 cm³/mol. The van der Waals surface area contributed by atoms with Gasteiger partial charge in [-0.1, -0.05) is 6.07 Å². The smallest absolute Gasteiger partial charge is 0.347 e. The molecule has 0 atom stereocenters. The molecule has 0 saturated carbocycles. The first-order chi connectivity index (χ1) is 9.77. The Labute approximate surface area is 133 Å². The molecule has 1 aliphatic rings. The van der Waals surface area contributed by atoms with E-state index in [0.717, 1.165) is 32.3 Å². The summed E-state index contributed by atoms with van der Waals surface area (Å²) in [5.74, 6) is 0.956. The van der Waals surface area contributed by atoms with Crippen LogP contribution < -0.4 is 4.90 Å². The van der Waals surface area contributed by atoms with Gasteiger partial charge in [0.15, 0.2) is 0 Å². The first-order valence-electron chi connectivity index (χ1n) is 6.40. The quantitative estimate of drug-likeness (QED) is 0.670. The molecule has 3 rings (SSSR count). The molecular weight excluding hydrogens is 394 g/mol. The van der Waals surface area contributed by atoms with Crippen molar-refractivity contribution in [3.05, 3.63) is 44.2 Å². The highest BCUT2D eigenvalue weighted by molar-refractivity contribution is 14.1. The van der Waals surface area contributed by atoms with Gasteiger partial charge in [0, 0.05) is 20.1 Å². The van der Waals surface area contributed by atoms with Crippen LogP contribution in [0.2, 0.25) is 0 Å². The molecule has 0 bridgehead atoms. The Balaban J connectivity index is 1.95. The molecular formula is C14H13F3IN3. The zero-order valence-electron chi connectivity index (χ0n) is 11.5. The number of fused-ring (bicyclic) bond motifs is 1. The van der Waals surface area contributed by atoms with Crippen LogP contribution in [0.3, 0.4) is 0 Å². The molecule has 1 aromatic carbocycles. The first-order valence-corrected chi connectivity index (χ1v) is 7.48. The zero-order chi connectivity index (χ0) is 15.4. The van der Waals surface area contributed by atoms with Crippen molar-refractivity contribution < 1.29 is 13.2 Å². The molecule has 1 aromatic heterocycles. The van der Waals surface area contributed by atoms with Crippen molar-refractivity contribution in [2.75, 3.05) is 4.90 Å². The summed E-state index contributed by atoms with van der Waals surface area (Å²) in [6.45, 7) is 3.02. The van der Waals surface area contributed by atoms with Crippen LogP contribution in [0.25, 0.3) is 0 Å². The molecule has 0 N–H and O–H groups in total. The summed E-state index contributed by atoms with van der Waals surface area (Å²) < 4.78 is 41.2. The van der Waals surface area contributed by atoms with E-state index in [1.54, 1.807) is 10.7 Å². The SMILES string of the molecule is Cc1nn(C)c(N2Cc3ccc(C(F)(F)F)cc3C2)c1I. The highest BCUT2D eigenvalue weighted by Gasteiger charge is 2.33. The number of hydrogen-bond acceptors (Lipinski definition) is 2. The average molecular weight is 407 g/mol. The van der Waals surface area contributed by atoms with Crippen molar-refractivity contribution in [3.8, 4) is 0 Å². The molecule has 2 heterocycles. The zero-order valence-corrected chi connectivity index (χ0v) is 13.7. The van der Waals surface area contributed by atoms with Gasteiger partial charge in [0.2, 0.25) is 0 Å². The molecule has 0 spiro atoms. The molecule has 0 fully saturated rings. The molecule has 3 nitrogen and oxygen atoms in total. The maximum absolute atomic E-state index is 12.8. The van der Waals surface area contributed by atoms with Crippen LogP contribution in [0, 0.1) is 10.5 Å². The predicted octanol–water partition coefficient (Wildman–Crippen LogP) is 3.87. The molecule has 21 heavy (non-hydrogen) atoms. The van der Waals surface area contributed by atoms with E-state index in [9.17, 15) is 13.2 Å². The highest BCUT2D eigenvalue weighted by atomic mass is 127. The lowest BCUT2D eigenvalue weighted by molar-refractivity contribution is -0.137. The second kappa shape index (κ2) is 4.89. The van der Waals surface area contributed by atoms with Gasteiger partial charge in [-0.2, -0.15) is 18.3 Å². The van der Waals surface area contributed by atoms with Gasteiger partial charge in [-0.05, 0) is 52.8 Å². The Kier molecular flexibility index (Phi) is 3.42. The van der Waals surface area contributed by atoms with Gasteiger partial charge in [0.25, 0.3) is 0 Å². The maximum Gasteiger partial charge on any atom is 0.416 e. The van der Waals surface area contributed by atoms with Gasteiger partial charge in [-0.15, -0.1) is 0 Å². The molecule has 0 radical (unpaired) electrons. The molecule has 0 amide bonds. The van der Waals surface area contributed by atoms with Crippen LogP contribution in [0.1, 0.15) is 22.4 Å². The number of hydrogen-bond donors (Lipinski definition) is 0. The van der Waals surface area contributed by atoms with E-state index in [1.807, 2.05) is 14.0 Å². The normalized spacial score (nSPS) is 14.7. The van der Waals surface area contributed by atoms with Crippen molar-refractivity contribution >= 4 is 28.4 Å². The Hall–Kier alpha value is -1.25. The van der Waals surface area contributed by atoms with E-state index in [-0.39, 0.29) is 0 Å². The van der Waals surface area contributed by atoms with E-state index in [1.165, 1.54) is 6.07 Å². The second-order valence-corrected chi connectivity index (χ2v) is 6.26. The lowest BCUT2D eigenvalue weighted by Crippen LogP contribution is -2.18. The van der Waals surface area contributed by atoms with Crippen molar-refractivity contribution in [1.82, 2.24) is 9.78 Å². The summed E-state index contributed by atoms with van der Waals surface area (Å²) in [5, 5.41) is 4.36. The number of aryl methyl sites for hydroxylation is 2. The fraction of sp³-hybridized carbons (Fsp3) is 0.357. The molecule has 0 aliphatic carbocycles. The summed E-state index contributed by atoms with van der Waals surface area (Å²) in [5.41, 5.74) is 2.02. The van der Waals surface area contributed by atoms with Crippen LogP contribution in [0.5, 0.6) is 0 Å².